The zero-order valence-electron chi connectivity index (χ0n) is 13.3. The number of benzene rings is 1. The van der Waals surface area contributed by atoms with E-state index in [0.29, 0.717) is 25.3 Å². The van der Waals surface area contributed by atoms with Crippen molar-refractivity contribution in [3.63, 3.8) is 0 Å². The third kappa shape index (κ3) is 3.55. The third-order valence-electron chi connectivity index (χ3n) is 4.57. The molecule has 2 fully saturated rings. The Bertz CT molecular complexity index is 630. The van der Waals surface area contributed by atoms with E-state index in [1.54, 1.807) is 6.07 Å². The second kappa shape index (κ2) is 7.25. The van der Waals surface area contributed by atoms with Crippen LogP contribution in [-0.4, -0.2) is 47.8 Å². The van der Waals surface area contributed by atoms with Crippen LogP contribution in [0.4, 0.5) is 5.69 Å². The van der Waals surface area contributed by atoms with Crippen molar-refractivity contribution in [2.24, 2.45) is 5.73 Å². The Labute approximate surface area is 139 Å². The normalized spacial score (nSPS) is 22.6. The Morgan fingerprint density at radius 3 is 2.75 bits per heavy atom. The molecule has 130 valence electrons. The molecule has 2 aliphatic heterocycles. The van der Waals surface area contributed by atoms with Gasteiger partial charge in [-0.15, -0.1) is 0 Å². The van der Waals surface area contributed by atoms with Gasteiger partial charge in [-0.25, -0.2) is 0 Å². The lowest BCUT2D eigenvalue weighted by Gasteiger charge is -2.37. The van der Waals surface area contributed by atoms with Crippen molar-refractivity contribution in [1.82, 2.24) is 4.90 Å². The van der Waals surface area contributed by atoms with Crippen molar-refractivity contribution >= 4 is 11.6 Å². The van der Waals surface area contributed by atoms with Crippen molar-refractivity contribution in [2.75, 3.05) is 19.8 Å². The average Bonchev–Trinajstić information content (AvgIpc) is 3.09. The Morgan fingerprint density at radius 1 is 1.33 bits per heavy atom. The first-order chi connectivity index (χ1) is 11.6. The first kappa shape index (κ1) is 16.8. The summed E-state index contributed by atoms with van der Waals surface area (Å²) in [4.78, 5) is 24.3. The van der Waals surface area contributed by atoms with Crippen molar-refractivity contribution < 1.29 is 19.2 Å². The van der Waals surface area contributed by atoms with E-state index in [1.165, 1.54) is 12.1 Å². The summed E-state index contributed by atoms with van der Waals surface area (Å²) in [6.45, 7) is 2.43. The minimum absolute atomic E-state index is 0.0797. The quantitative estimate of drug-likeness (QED) is 0.644. The van der Waals surface area contributed by atoms with Crippen LogP contribution in [0.2, 0.25) is 0 Å². The third-order valence-corrected chi connectivity index (χ3v) is 4.57. The molecule has 1 aromatic carbocycles. The van der Waals surface area contributed by atoms with Gasteiger partial charge in [0.15, 0.2) is 6.29 Å². The molecule has 2 heterocycles. The van der Waals surface area contributed by atoms with Crippen LogP contribution in [0.15, 0.2) is 18.2 Å². The molecule has 2 saturated heterocycles. The van der Waals surface area contributed by atoms with Gasteiger partial charge >= 0.3 is 0 Å². The lowest BCUT2D eigenvalue weighted by Crippen LogP contribution is -2.46. The van der Waals surface area contributed by atoms with Gasteiger partial charge in [0, 0.05) is 23.7 Å². The number of piperidine rings is 1. The molecule has 0 saturated carbocycles. The molecule has 0 bridgehead atoms. The maximum absolute atomic E-state index is 11.4. The topological polar surface area (TPSA) is 108 Å². The number of nitrogens with zero attached hydrogens (tertiary/aromatic N) is 2. The summed E-state index contributed by atoms with van der Waals surface area (Å²) in [5.41, 5.74) is 5.84. The number of carbonyl (C=O) groups excluding carboxylic acids is 1. The Kier molecular flexibility index (Phi) is 5.08. The van der Waals surface area contributed by atoms with Gasteiger partial charge in [-0.3, -0.25) is 19.8 Å². The van der Waals surface area contributed by atoms with Crippen LogP contribution >= 0.6 is 0 Å². The summed E-state index contributed by atoms with van der Waals surface area (Å²) in [7, 11) is 0. The molecule has 1 aromatic rings. The number of likely N-dealkylation sites (tertiary alicyclic amines) is 1. The van der Waals surface area contributed by atoms with Gasteiger partial charge in [0.05, 0.1) is 24.2 Å². The number of hydrogen-bond acceptors (Lipinski definition) is 6. The molecule has 8 nitrogen and oxygen atoms in total. The highest BCUT2D eigenvalue weighted by Gasteiger charge is 2.34. The largest absolute Gasteiger partial charge is 0.366 e. The molecular weight excluding hydrogens is 314 g/mol. The van der Waals surface area contributed by atoms with Gasteiger partial charge in [0.2, 0.25) is 5.91 Å². The van der Waals surface area contributed by atoms with E-state index in [2.05, 4.69) is 4.90 Å². The Morgan fingerprint density at radius 2 is 2.08 bits per heavy atom. The van der Waals surface area contributed by atoms with Gasteiger partial charge in [0.1, 0.15) is 0 Å². The molecule has 1 atom stereocenters. The standard InChI is InChI=1S/C16H21N3O5/c17-15(20)11-4-5-12(14(9-11)19(21)22)10-18-6-2-1-3-13(18)16-23-7-8-24-16/h4-5,9,13,16H,1-3,6-8,10H2,(H2,17,20)/t13-/m1/s1. The van der Waals surface area contributed by atoms with Crippen LogP contribution < -0.4 is 5.73 Å². The number of rotatable bonds is 5. The van der Waals surface area contributed by atoms with Gasteiger partial charge in [-0.2, -0.15) is 0 Å². The van der Waals surface area contributed by atoms with Crippen LogP contribution in [0.25, 0.3) is 0 Å². The lowest BCUT2D eigenvalue weighted by atomic mass is 9.99. The predicted octanol–water partition coefficient (Wildman–Crippen LogP) is 1.42. The van der Waals surface area contributed by atoms with Crippen molar-refractivity contribution in [1.29, 1.82) is 0 Å². The molecule has 1 amide bonds. The molecule has 0 unspecified atom stereocenters. The molecule has 0 aliphatic carbocycles. The second-order valence-corrected chi connectivity index (χ2v) is 6.11. The number of amides is 1. The van der Waals surface area contributed by atoms with Crippen LogP contribution in [-0.2, 0) is 16.0 Å². The number of nitrogens with two attached hydrogens (primary N) is 1. The second-order valence-electron chi connectivity index (χ2n) is 6.11. The van der Waals surface area contributed by atoms with E-state index in [4.69, 9.17) is 15.2 Å². The molecule has 24 heavy (non-hydrogen) atoms. The van der Waals surface area contributed by atoms with E-state index in [9.17, 15) is 14.9 Å². The molecule has 2 N–H and O–H groups in total. The van der Waals surface area contributed by atoms with E-state index >= 15 is 0 Å². The first-order valence-electron chi connectivity index (χ1n) is 8.10. The molecule has 3 rings (SSSR count). The van der Waals surface area contributed by atoms with Gasteiger partial charge in [-0.05, 0) is 25.5 Å². The molecular formula is C16H21N3O5. The smallest absolute Gasteiger partial charge is 0.274 e. The van der Waals surface area contributed by atoms with E-state index in [1.807, 2.05) is 0 Å². The van der Waals surface area contributed by atoms with E-state index in [0.717, 1.165) is 25.8 Å². The molecule has 2 aliphatic rings. The summed E-state index contributed by atoms with van der Waals surface area (Å²) in [6.07, 6.45) is 2.80. The highest BCUT2D eigenvalue weighted by molar-refractivity contribution is 5.93. The van der Waals surface area contributed by atoms with Crippen LogP contribution in [0.1, 0.15) is 35.2 Å². The number of hydrogen-bond donors (Lipinski definition) is 1. The summed E-state index contributed by atoms with van der Waals surface area (Å²) in [5.74, 6) is -0.673. The first-order valence-corrected chi connectivity index (χ1v) is 8.10. The van der Waals surface area contributed by atoms with Crippen molar-refractivity contribution in [3.8, 4) is 0 Å². The predicted molar refractivity (Wildman–Crippen MR) is 85.4 cm³/mol. The minimum Gasteiger partial charge on any atom is -0.366 e. The summed E-state index contributed by atoms with van der Waals surface area (Å²) in [6, 6.07) is 4.49. The van der Waals surface area contributed by atoms with Crippen LogP contribution in [0, 0.1) is 10.1 Å². The fourth-order valence-electron chi connectivity index (χ4n) is 3.36. The van der Waals surface area contributed by atoms with Crippen LogP contribution in [0.3, 0.4) is 0 Å². The van der Waals surface area contributed by atoms with Crippen LogP contribution in [0.5, 0.6) is 0 Å². The highest BCUT2D eigenvalue weighted by atomic mass is 16.7. The minimum atomic E-state index is -0.673. The maximum Gasteiger partial charge on any atom is 0.274 e. The average molecular weight is 335 g/mol. The van der Waals surface area contributed by atoms with Crippen molar-refractivity contribution in [3.05, 3.63) is 39.4 Å². The zero-order chi connectivity index (χ0) is 17.1. The molecule has 0 aromatic heterocycles. The summed E-state index contributed by atoms with van der Waals surface area (Å²) in [5, 5.41) is 11.4. The highest BCUT2D eigenvalue weighted by Crippen LogP contribution is 2.29. The Hall–Kier alpha value is -2.03. The van der Waals surface area contributed by atoms with E-state index < -0.39 is 10.8 Å². The Balaban J connectivity index is 1.82. The lowest BCUT2D eigenvalue weighted by molar-refractivity contribution is -0.385. The summed E-state index contributed by atoms with van der Waals surface area (Å²) >= 11 is 0. The fraction of sp³-hybridized carbons (Fsp3) is 0.562. The number of primary amides is 1. The van der Waals surface area contributed by atoms with Gasteiger partial charge in [0.25, 0.3) is 5.69 Å². The van der Waals surface area contributed by atoms with Crippen molar-refractivity contribution in [2.45, 2.75) is 38.1 Å². The molecule has 0 spiro atoms. The van der Waals surface area contributed by atoms with Gasteiger partial charge in [-0.1, -0.05) is 12.5 Å². The number of carbonyl (C=O) groups is 1. The SMILES string of the molecule is NC(=O)c1ccc(CN2CCCC[C@@H]2C2OCCO2)c([N+](=O)[O-])c1. The number of ether oxygens (including phenoxy) is 2. The molecule has 8 heteroatoms. The summed E-state index contributed by atoms with van der Waals surface area (Å²) < 4.78 is 11.3. The van der Waals surface area contributed by atoms with E-state index in [-0.39, 0.29) is 23.6 Å². The monoisotopic (exact) mass is 335 g/mol. The number of nitro groups is 1. The van der Waals surface area contributed by atoms with Gasteiger partial charge < -0.3 is 15.2 Å². The zero-order valence-corrected chi connectivity index (χ0v) is 13.3. The maximum atomic E-state index is 11.4. The molecule has 0 radical (unpaired) electrons. The fourth-order valence-corrected chi connectivity index (χ4v) is 3.36. The number of nitro benzene ring substituents is 1.